The van der Waals surface area contributed by atoms with E-state index in [1.807, 2.05) is 30.0 Å². The summed E-state index contributed by atoms with van der Waals surface area (Å²) in [7, 11) is 0. The Bertz CT molecular complexity index is 1080. The van der Waals surface area contributed by atoms with Crippen LogP contribution in [0.3, 0.4) is 0 Å². The van der Waals surface area contributed by atoms with Gasteiger partial charge in [-0.1, -0.05) is 23.7 Å². The number of anilines is 1. The topological polar surface area (TPSA) is 28.5 Å². The van der Waals surface area contributed by atoms with Crippen molar-refractivity contribution in [1.82, 2.24) is 9.47 Å². The van der Waals surface area contributed by atoms with Crippen molar-refractivity contribution in [1.29, 1.82) is 0 Å². The van der Waals surface area contributed by atoms with Crippen LogP contribution in [0, 0.1) is 20.8 Å². The molecule has 4 rings (SSSR count). The minimum Gasteiger partial charge on any atom is -0.368 e. The molecule has 0 bridgehead atoms. The van der Waals surface area contributed by atoms with Gasteiger partial charge in [0.1, 0.15) is 5.69 Å². The highest BCUT2D eigenvalue weighted by Gasteiger charge is 2.27. The number of carbonyl (C=O) groups excluding carboxylic acids is 1. The fraction of sp³-hybridized carbons (Fsp3) is 0.375. The van der Waals surface area contributed by atoms with E-state index >= 15 is 0 Å². The van der Waals surface area contributed by atoms with Crippen molar-refractivity contribution in [2.24, 2.45) is 0 Å². The lowest BCUT2D eigenvalue weighted by Crippen LogP contribution is -2.49. The monoisotopic (exact) mass is 409 g/mol. The third-order valence-corrected chi connectivity index (χ3v) is 6.52. The van der Waals surface area contributed by atoms with Gasteiger partial charge in [-0.05, 0) is 68.7 Å². The van der Waals surface area contributed by atoms with E-state index in [2.05, 4.69) is 48.4 Å². The van der Waals surface area contributed by atoms with Gasteiger partial charge in [-0.25, -0.2) is 0 Å². The second-order valence-electron chi connectivity index (χ2n) is 7.88. The Morgan fingerprint density at radius 2 is 1.72 bits per heavy atom. The van der Waals surface area contributed by atoms with Gasteiger partial charge in [0.15, 0.2) is 0 Å². The maximum absolute atomic E-state index is 13.5. The van der Waals surface area contributed by atoms with Crippen molar-refractivity contribution in [2.45, 2.75) is 34.2 Å². The molecule has 5 heteroatoms. The molecule has 2 aromatic carbocycles. The predicted molar refractivity (Wildman–Crippen MR) is 121 cm³/mol. The van der Waals surface area contributed by atoms with Gasteiger partial charge in [-0.15, -0.1) is 0 Å². The molecule has 0 unspecified atom stereocenters. The van der Waals surface area contributed by atoms with Crippen LogP contribution in [0.5, 0.6) is 0 Å². The minimum atomic E-state index is 0.122. The predicted octanol–water partition coefficient (Wildman–Crippen LogP) is 5.20. The standard InChI is InChI=1S/C24H28ClN3O/c1-5-28-22-10-9-19(25)15-20(22)18(4)23(28)24(29)27-13-11-26(12-14-27)21-8-6-7-16(2)17(21)3/h6-10,15H,5,11-14H2,1-4H3. The summed E-state index contributed by atoms with van der Waals surface area (Å²) in [5.74, 6) is 0.122. The Labute approximate surface area is 177 Å². The Balaban J connectivity index is 1.59. The van der Waals surface area contributed by atoms with Crippen molar-refractivity contribution in [3.8, 4) is 0 Å². The van der Waals surface area contributed by atoms with E-state index in [1.165, 1.54) is 16.8 Å². The van der Waals surface area contributed by atoms with Crippen molar-refractivity contribution in [2.75, 3.05) is 31.1 Å². The molecule has 0 N–H and O–H groups in total. The van der Waals surface area contributed by atoms with Crippen molar-refractivity contribution < 1.29 is 4.79 Å². The van der Waals surface area contributed by atoms with Gasteiger partial charge in [0.05, 0.1) is 0 Å². The molecule has 152 valence electrons. The van der Waals surface area contributed by atoms with Gasteiger partial charge in [0.25, 0.3) is 5.91 Å². The van der Waals surface area contributed by atoms with E-state index in [9.17, 15) is 4.79 Å². The second kappa shape index (κ2) is 7.75. The average Bonchev–Trinajstić information content (AvgIpc) is 3.01. The van der Waals surface area contributed by atoms with E-state index in [0.717, 1.165) is 54.9 Å². The van der Waals surface area contributed by atoms with Gasteiger partial charge < -0.3 is 14.4 Å². The molecule has 1 fully saturated rings. The molecule has 1 aromatic heterocycles. The normalized spacial score (nSPS) is 14.7. The van der Waals surface area contributed by atoms with E-state index in [0.29, 0.717) is 5.02 Å². The smallest absolute Gasteiger partial charge is 0.270 e. The molecule has 0 saturated carbocycles. The number of rotatable bonds is 3. The highest BCUT2D eigenvalue weighted by molar-refractivity contribution is 6.31. The first-order valence-corrected chi connectivity index (χ1v) is 10.7. The lowest BCUT2D eigenvalue weighted by atomic mass is 10.1. The van der Waals surface area contributed by atoms with E-state index in [1.54, 1.807) is 0 Å². The number of amides is 1. The molecule has 0 atom stereocenters. The van der Waals surface area contributed by atoms with Crippen LogP contribution in [-0.4, -0.2) is 41.6 Å². The molecule has 29 heavy (non-hydrogen) atoms. The maximum Gasteiger partial charge on any atom is 0.270 e. The largest absolute Gasteiger partial charge is 0.368 e. The fourth-order valence-electron chi connectivity index (χ4n) is 4.48. The van der Waals surface area contributed by atoms with Crippen molar-refractivity contribution in [3.05, 3.63) is 63.8 Å². The summed E-state index contributed by atoms with van der Waals surface area (Å²) in [5.41, 5.74) is 6.81. The number of aryl methyl sites for hydroxylation is 3. The number of halogens is 1. The van der Waals surface area contributed by atoms with E-state index in [4.69, 9.17) is 11.6 Å². The summed E-state index contributed by atoms with van der Waals surface area (Å²) < 4.78 is 2.13. The summed E-state index contributed by atoms with van der Waals surface area (Å²) in [6.07, 6.45) is 0. The Hall–Kier alpha value is -2.46. The zero-order chi connectivity index (χ0) is 20.7. The zero-order valence-electron chi connectivity index (χ0n) is 17.6. The summed E-state index contributed by atoms with van der Waals surface area (Å²) in [6, 6.07) is 12.3. The molecule has 1 saturated heterocycles. The number of fused-ring (bicyclic) bond motifs is 1. The molecule has 1 aliphatic heterocycles. The first-order chi connectivity index (χ1) is 13.9. The maximum atomic E-state index is 13.5. The molecule has 1 aliphatic rings. The third kappa shape index (κ3) is 3.40. The lowest BCUT2D eigenvalue weighted by Gasteiger charge is -2.37. The SMILES string of the molecule is CCn1c(C(=O)N2CCN(c3cccc(C)c3C)CC2)c(C)c2cc(Cl)ccc21. The first kappa shape index (κ1) is 19.8. The van der Waals surface area contributed by atoms with E-state index in [-0.39, 0.29) is 5.91 Å². The molecular weight excluding hydrogens is 382 g/mol. The van der Waals surface area contributed by atoms with Crippen LogP contribution in [0.25, 0.3) is 10.9 Å². The molecule has 0 radical (unpaired) electrons. The molecule has 2 heterocycles. The summed E-state index contributed by atoms with van der Waals surface area (Å²) in [6.45, 7) is 12.4. The zero-order valence-corrected chi connectivity index (χ0v) is 18.4. The summed E-state index contributed by atoms with van der Waals surface area (Å²) in [5, 5.41) is 1.77. The quantitative estimate of drug-likeness (QED) is 0.594. The molecule has 4 nitrogen and oxygen atoms in total. The molecular formula is C24H28ClN3O. The van der Waals surface area contributed by atoms with Crippen LogP contribution in [0.1, 0.15) is 34.1 Å². The number of nitrogens with zero attached hydrogens (tertiary/aromatic N) is 3. The first-order valence-electron chi connectivity index (χ1n) is 10.3. The second-order valence-corrected chi connectivity index (χ2v) is 8.31. The number of benzene rings is 2. The molecule has 0 spiro atoms. The number of hydrogen-bond acceptors (Lipinski definition) is 2. The molecule has 1 amide bonds. The van der Waals surface area contributed by atoms with Gasteiger partial charge >= 0.3 is 0 Å². The van der Waals surface area contributed by atoms with Crippen LogP contribution < -0.4 is 4.90 Å². The molecule has 3 aromatic rings. The average molecular weight is 410 g/mol. The number of aromatic nitrogens is 1. The van der Waals surface area contributed by atoms with Gasteiger partial charge in [0, 0.05) is 54.3 Å². The Kier molecular flexibility index (Phi) is 5.30. The molecule has 0 aliphatic carbocycles. The highest BCUT2D eigenvalue weighted by Crippen LogP contribution is 2.30. The lowest BCUT2D eigenvalue weighted by molar-refractivity contribution is 0.0735. The summed E-state index contributed by atoms with van der Waals surface area (Å²) >= 11 is 6.21. The number of hydrogen-bond donors (Lipinski definition) is 0. The van der Waals surface area contributed by atoms with Crippen LogP contribution in [0.2, 0.25) is 5.02 Å². The van der Waals surface area contributed by atoms with Gasteiger partial charge in [-0.3, -0.25) is 4.79 Å². The van der Waals surface area contributed by atoms with Gasteiger partial charge in [-0.2, -0.15) is 0 Å². The Morgan fingerprint density at radius 1 is 1.00 bits per heavy atom. The van der Waals surface area contributed by atoms with Crippen LogP contribution in [0.15, 0.2) is 36.4 Å². The van der Waals surface area contributed by atoms with Crippen molar-refractivity contribution >= 4 is 34.1 Å². The van der Waals surface area contributed by atoms with Crippen LogP contribution in [-0.2, 0) is 6.54 Å². The third-order valence-electron chi connectivity index (χ3n) is 6.28. The summed E-state index contributed by atoms with van der Waals surface area (Å²) in [4.78, 5) is 17.9. The van der Waals surface area contributed by atoms with Gasteiger partial charge in [0.2, 0.25) is 0 Å². The minimum absolute atomic E-state index is 0.122. The highest BCUT2D eigenvalue weighted by atomic mass is 35.5. The van der Waals surface area contributed by atoms with E-state index < -0.39 is 0 Å². The van der Waals surface area contributed by atoms with Crippen molar-refractivity contribution in [3.63, 3.8) is 0 Å². The van der Waals surface area contributed by atoms with Crippen LogP contribution >= 0.6 is 11.6 Å². The number of carbonyl (C=O) groups is 1. The Morgan fingerprint density at radius 3 is 2.41 bits per heavy atom. The number of piperazine rings is 1. The fourth-order valence-corrected chi connectivity index (χ4v) is 4.65. The van der Waals surface area contributed by atoms with Crippen LogP contribution in [0.4, 0.5) is 5.69 Å².